The first kappa shape index (κ1) is 18.0. The average molecular weight is 369 g/mol. The first-order chi connectivity index (χ1) is 13.5. The Bertz CT molecular complexity index is 1140. The Balaban J connectivity index is 1.64. The molecule has 0 unspecified atom stereocenters. The molecule has 4 aromatic rings. The summed E-state index contributed by atoms with van der Waals surface area (Å²) in [5, 5.41) is 2.97. The van der Waals surface area contributed by atoms with Crippen molar-refractivity contribution in [2.24, 2.45) is 0 Å². The standard InChI is InChI=1S/C24H23N3O/c1-16-11-17(2)13-21(12-16)27-18(3)26-22-14-20(9-10-23(22)27)24(28)25-15-19-7-5-4-6-8-19/h4-14H,15H2,1-3H3,(H,25,28). The van der Waals surface area contributed by atoms with Gasteiger partial charge in [0.25, 0.3) is 5.91 Å². The number of hydrogen-bond acceptors (Lipinski definition) is 2. The highest BCUT2D eigenvalue weighted by Crippen LogP contribution is 2.24. The number of benzene rings is 3. The number of imidazole rings is 1. The predicted molar refractivity (Wildman–Crippen MR) is 113 cm³/mol. The fourth-order valence-electron chi connectivity index (χ4n) is 3.63. The van der Waals surface area contributed by atoms with Crippen LogP contribution in [0, 0.1) is 20.8 Å². The van der Waals surface area contributed by atoms with Crippen molar-refractivity contribution in [1.29, 1.82) is 0 Å². The molecule has 1 amide bonds. The van der Waals surface area contributed by atoms with Gasteiger partial charge in [0.15, 0.2) is 0 Å². The maximum atomic E-state index is 12.6. The van der Waals surface area contributed by atoms with Gasteiger partial charge in [0.1, 0.15) is 5.82 Å². The lowest BCUT2D eigenvalue weighted by atomic mass is 10.1. The highest BCUT2D eigenvalue weighted by Gasteiger charge is 2.13. The van der Waals surface area contributed by atoms with Crippen molar-refractivity contribution in [2.45, 2.75) is 27.3 Å². The number of carbonyl (C=O) groups is 1. The molecule has 1 heterocycles. The van der Waals surface area contributed by atoms with Crippen LogP contribution in [0.15, 0.2) is 66.7 Å². The number of nitrogens with one attached hydrogen (secondary N) is 1. The first-order valence-corrected chi connectivity index (χ1v) is 9.41. The zero-order valence-electron chi connectivity index (χ0n) is 16.4. The summed E-state index contributed by atoms with van der Waals surface area (Å²) in [6, 6.07) is 22.1. The molecular weight excluding hydrogens is 346 g/mol. The molecule has 1 aromatic heterocycles. The summed E-state index contributed by atoms with van der Waals surface area (Å²) in [6.07, 6.45) is 0. The average Bonchev–Trinajstić information content (AvgIpc) is 3.01. The number of fused-ring (bicyclic) bond motifs is 1. The Morgan fingerprint density at radius 1 is 0.929 bits per heavy atom. The van der Waals surface area contributed by atoms with E-state index in [1.54, 1.807) is 0 Å². The van der Waals surface area contributed by atoms with Crippen molar-refractivity contribution in [3.63, 3.8) is 0 Å². The third kappa shape index (κ3) is 3.54. The number of aryl methyl sites for hydroxylation is 3. The largest absolute Gasteiger partial charge is 0.348 e. The van der Waals surface area contributed by atoms with Gasteiger partial charge in [-0.05, 0) is 67.8 Å². The summed E-state index contributed by atoms with van der Waals surface area (Å²) in [7, 11) is 0. The molecule has 4 nitrogen and oxygen atoms in total. The van der Waals surface area contributed by atoms with E-state index in [4.69, 9.17) is 4.98 Å². The molecule has 0 atom stereocenters. The number of amides is 1. The molecule has 4 heteroatoms. The van der Waals surface area contributed by atoms with Crippen molar-refractivity contribution >= 4 is 16.9 Å². The highest BCUT2D eigenvalue weighted by molar-refractivity contribution is 5.97. The van der Waals surface area contributed by atoms with Gasteiger partial charge < -0.3 is 5.32 Å². The van der Waals surface area contributed by atoms with E-state index in [2.05, 4.69) is 41.9 Å². The van der Waals surface area contributed by atoms with E-state index >= 15 is 0 Å². The summed E-state index contributed by atoms with van der Waals surface area (Å²) < 4.78 is 2.14. The molecule has 4 rings (SSSR count). The van der Waals surface area contributed by atoms with Crippen molar-refractivity contribution in [1.82, 2.24) is 14.9 Å². The van der Waals surface area contributed by atoms with E-state index in [9.17, 15) is 4.79 Å². The number of hydrogen-bond donors (Lipinski definition) is 1. The van der Waals surface area contributed by atoms with Crippen LogP contribution in [-0.2, 0) is 6.54 Å². The van der Waals surface area contributed by atoms with Crippen molar-refractivity contribution in [3.05, 3.63) is 94.8 Å². The molecule has 0 fully saturated rings. The van der Waals surface area contributed by atoms with Crippen LogP contribution >= 0.6 is 0 Å². The normalized spacial score (nSPS) is 11.0. The van der Waals surface area contributed by atoms with Gasteiger partial charge in [-0.3, -0.25) is 9.36 Å². The summed E-state index contributed by atoms with van der Waals surface area (Å²) >= 11 is 0. The van der Waals surface area contributed by atoms with Crippen LogP contribution in [0.2, 0.25) is 0 Å². The smallest absolute Gasteiger partial charge is 0.251 e. The van der Waals surface area contributed by atoms with Gasteiger partial charge in [0, 0.05) is 17.8 Å². The molecule has 0 spiro atoms. The number of carbonyl (C=O) groups excluding carboxylic acids is 1. The SMILES string of the molecule is Cc1cc(C)cc(-n2c(C)nc3cc(C(=O)NCc4ccccc4)ccc32)c1. The first-order valence-electron chi connectivity index (χ1n) is 9.41. The second kappa shape index (κ2) is 7.31. The molecule has 0 aliphatic rings. The van der Waals surface area contributed by atoms with Crippen LogP contribution in [0.1, 0.15) is 32.9 Å². The zero-order valence-corrected chi connectivity index (χ0v) is 16.4. The van der Waals surface area contributed by atoms with E-state index < -0.39 is 0 Å². The van der Waals surface area contributed by atoms with Gasteiger partial charge in [-0.15, -0.1) is 0 Å². The van der Waals surface area contributed by atoms with Gasteiger partial charge >= 0.3 is 0 Å². The van der Waals surface area contributed by atoms with E-state index in [1.807, 2.05) is 55.5 Å². The quantitative estimate of drug-likeness (QED) is 0.557. The molecule has 0 aliphatic carbocycles. The molecule has 0 saturated carbocycles. The number of nitrogens with zero attached hydrogens (tertiary/aromatic N) is 2. The van der Waals surface area contributed by atoms with Crippen molar-refractivity contribution < 1.29 is 4.79 Å². The Morgan fingerprint density at radius 2 is 1.64 bits per heavy atom. The monoisotopic (exact) mass is 369 g/mol. The Kier molecular flexibility index (Phi) is 4.70. The maximum absolute atomic E-state index is 12.6. The molecule has 0 saturated heterocycles. The van der Waals surface area contributed by atoms with Gasteiger partial charge in [-0.25, -0.2) is 4.98 Å². The van der Waals surface area contributed by atoms with Crippen LogP contribution < -0.4 is 5.32 Å². The summed E-state index contributed by atoms with van der Waals surface area (Å²) in [5.41, 5.74) is 7.05. The van der Waals surface area contributed by atoms with E-state index in [0.717, 1.165) is 28.1 Å². The van der Waals surface area contributed by atoms with Crippen molar-refractivity contribution in [2.75, 3.05) is 0 Å². The lowest BCUT2D eigenvalue weighted by molar-refractivity contribution is 0.0951. The summed E-state index contributed by atoms with van der Waals surface area (Å²) in [5.74, 6) is 0.811. The molecule has 0 radical (unpaired) electrons. The fourth-order valence-corrected chi connectivity index (χ4v) is 3.63. The van der Waals surface area contributed by atoms with E-state index in [0.29, 0.717) is 12.1 Å². The minimum absolute atomic E-state index is 0.0932. The predicted octanol–water partition coefficient (Wildman–Crippen LogP) is 4.88. The third-order valence-electron chi connectivity index (χ3n) is 4.84. The third-order valence-corrected chi connectivity index (χ3v) is 4.84. The molecule has 3 aromatic carbocycles. The van der Waals surface area contributed by atoms with Crippen LogP contribution in [0.3, 0.4) is 0 Å². The van der Waals surface area contributed by atoms with Crippen LogP contribution in [-0.4, -0.2) is 15.5 Å². The van der Waals surface area contributed by atoms with Crippen LogP contribution in [0.4, 0.5) is 0 Å². The van der Waals surface area contributed by atoms with E-state index in [-0.39, 0.29) is 5.91 Å². The van der Waals surface area contributed by atoms with E-state index in [1.165, 1.54) is 11.1 Å². The number of aromatic nitrogens is 2. The number of rotatable bonds is 4. The molecular formula is C24H23N3O. The molecule has 0 aliphatic heterocycles. The van der Waals surface area contributed by atoms with Crippen LogP contribution in [0.5, 0.6) is 0 Å². The topological polar surface area (TPSA) is 46.9 Å². The second-order valence-electron chi connectivity index (χ2n) is 7.21. The molecule has 0 bridgehead atoms. The Morgan fingerprint density at radius 3 is 2.36 bits per heavy atom. The molecule has 140 valence electrons. The van der Waals surface area contributed by atoms with Gasteiger partial charge in [-0.1, -0.05) is 36.4 Å². The Labute approximate surface area is 164 Å². The zero-order chi connectivity index (χ0) is 19.7. The van der Waals surface area contributed by atoms with Gasteiger partial charge in [0.05, 0.1) is 11.0 Å². The summed E-state index contributed by atoms with van der Waals surface area (Å²) in [4.78, 5) is 17.3. The van der Waals surface area contributed by atoms with Crippen molar-refractivity contribution in [3.8, 4) is 5.69 Å². The lowest BCUT2D eigenvalue weighted by Gasteiger charge is -2.10. The minimum atomic E-state index is -0.0932. The minimum Gasteiger partial charge on any atom is -0.348 e. The summed E-state index contributed by atoms with van der Waals surface area (Å²) in [6.45, 7) is 6.70. The lowest BCUT2D eigenvalue weighted by Crippen LogP contribution is -2.22. The van der Waals surface area contributed by atoms with Gasteiger partial charge in [-0.2, -0.15) is 0 Å². The van der Waals surface area contributed by atoms with Gasteiger partial charge in [0.2, 0.25) is 0 Å². The molecule has 1 N–H and O–H groups in total. The molecule has 28 heavy (non-hydrogen) atoms. The van der Waals surface area contributed by atoms with Crippen LogP contribution in [0.25, 0.3) is 16.7 Å². The highest BCUT2D eigenvalue weighted by atomic mass is 16.1. The maximum Gasteiger partial charge on any atom is 0.251 e. The fraction of sp³-hybridized carbons (Fsp3) is 0.167. The Hall–Kier alpha value is -3.40. The second-order valence-corrected chi connectivity index (χ2v) is 7.21.